The van der Waals surface area contributed by atoms with Crippen LogP contribution in [0.4, 0.5) is 5.69 Å². The number of nitro groups is 1. The lowest BCUT2D eigenvalue weighted by atomic mass is 10.1. The zero-order valence-corrected chi connectivity index (χ0v) is 9.05. The van der Waals surface area contributed by atoms with Crippen LogP contribution in [0.15, 0.2) is 18.2 Å². The Morgan fingerprint density at radius 1 is 1.57 bits per heavy atom. The SMILES string of the molecule is CC(Cl)Cc1ccc([N+](=O)[O-])cc1Cl. The third kappa shape index (κ3) is 2.86. The summed E-state index contributed by atoms with van der Waals surface area (Å²) in [4.78, 5) is 9.94. The van der Waals surface area contributed by atoms with Crippen LogP contribution in [0.5, 0.6) is 0 Å². The first-order chi connectivity index (χ1) is 6.50. The molecule has 0 bridgehead atoms. The smallest absolute Gasteiger partial charge is 0.258 e. The van der Waals surface area contributed by atoms with Crippen molar-refractivity contribution in [3.63, 3.8) is 0 Å². The monoisotopic (exact) mass is 233 g/mol. The Balaban J connectivity index is 2.95. The molecule has 0 aliphatic carbocycles. The number of benzene rings is 1. The molecule has 1 atom stereocenters. The Morgan fingerprint density at radius 2 is 2.21 bits per heavy atom. The molecule has 0 aliphatic heterocycles. The van der Waals surface area contributed by atoms with Gasteiger partial charge in [-0.2, -0.15) is 0 Å². The maximum absolute atomic E-state index is 10.4. The minimum absolute atomic E-state index is 0.000903. The first-order valence-corrected chi connectivity index (χ1v) is 4.89. The molecule has 3 nitrogen and oxygen atoms in total. The van der Waals surface area contributed by atoms with E-state index in [1.807, 2.05) is 6.92 Å². The van der Waals surface area contributed by atoms with Crippen LogP contribution >= 0.6 is 23.2 Å². The van der Waals surface area contributed by atoms with E-state index in [1.165, 1.54) is 12.1 Å². The highest BCUT2D eigenvalue weighted by Gasteiger charge is 2.10. The number of hydrogen-bond acceptors (Lipinski definition) is 2. The number of hydrogen-bond donors (Lipinski definition) is 0. The van der Waals surface area contributed by atoms with Gasteiger partial charge in [0.25, 0.3) is 5.69 Å². The molecule has 0 amide bonds. The van der Waals surface area contributed by atoms with Crippen LogP contribution in [0.3, 0.4) is 0 Å². The van der Waals surface area contributed by atoms with Gasteiger partial charge in [0.2, 0.25) is 0 Å². The van der Waals surface area contributed by atoms with Crippen LogP contribution < -0.4 is 0 Å². The lowest BCUT2D eigenvalue weighted by Crippen LogP contribution is -1.98. The third-order valence-corrected chi connectivity index (χ3v) is 2.25. The van der Waals surface area contributed by atoms with Gasteiger partial charge in [-0.15, -0.1) is 11.6 Å². The van der Waals surface area contributed by atoms with Crippen molar-refractivity contribution in [2.45, 2.75) is 18.7 Å². The predicted octanol–water partition coefficient (Wildman–Crippen LogP) is 3.42. The molecule has 0 saturated heterocycles. The van der Waals surface area contributed by atoms with Crippen molar-refractivity contribution in [3.8, 4) is 0 Å². The molecule has 0 N–H and O–H groups in total. The second kappa shape index (κ2) is 4.62. The van der Waals surface area contributed by atoms with Crippen LogP contribution in [0.25, 0.3) is 0 Å². The van der Waals surface area contributed by atoms with Gasteiger partial charge in [0, 0.05) is 17.5 Å². The summed E-state index contributed by atoms with van der Waals surface area (Å²) in [6.45, 7) is 1.85. The lowest BCUT2D eigenvalue weighted by molar-refractivity contribution is -0.384. The van der Waals surface area contributed by atoms with Crippen LogP contribution in [-0.2, 0) is 6.42 Å². The highest BCUT2D eigenvalue weighted by atomic mass is 35.5. The van der Waals surface area contributed by atoms with E-state index in [0.29, 0.717) is 11.4 Å². The van der Waals surface area contributed by atoms with Gasteiger partial charge in [-0.25, -0.2) is 0 Å². The Bertz CT molecular complexity index is 353. The van der Waals surface area contributed by atoms with Gasteiger partial charge in [0.1, 0.15) is 0 Å². The molecule has 0 heterocycles. The zero-order valence-electron chi connectivity index (χ0n) is 7.54. The third-order valence-electron chi connectivity index (χ3n) is 1.75. The molecular formula is C9H9Cl2NO2. The number of nitro benzene ring substituents is 1. The van der Waals surface area contributed by atoms with E-state index in [1.54, 1.807) is 6.07 Å². The van der Waals surface area contributed by atoms with Crippen molar-refractivity contribution in [1.82, 2.24) is 0 Å². The molecule has 0 saturated carbocycles. The van der Waals surface area contributed by atoms with Crippen molar-refractivity contribution >= 4 is 28.9 Å². The van der Waals surface area contributed by atoms with Crippen LogP contribution in [0.1, 0.15) is 12.5 Å². The second-order valence-electron chi connectivity index (χ2n) is 3.02. The summed E-state index contributed by atoms with van der Waals surface area (Å²) < 4.78 is 0. The van der Waals surface area contributed by atoms with E-state index in [2.05, 4.69) is 0 Å². The van der Waals surface area contributed by atoms with Gasteiger partial charge in [0.05, 0.1) is 9.95 Å². The van der Waals surface area contributed by atoms with E-state index < -0.39 is 4.92 Å². The highest BCUT2D eigenvalue weighted by Crippen LogP contribution is 2.24. The van der Waals surface area contributed by atoms with Crippen LogP contribution in [0.2, 0.25) is 5.02 Å². The normalized spacial score (nSPS) is 12.5. The van der Waals surface area contributed by atoms with E-state index >= 15 is 0 Å². The Hall–Kier alpha value is -0.800. The fraction of sp³-hybridized carbons (Fsp3) is 0.333. The minimum Gasteiger partial charge on any atom is -0.258 e. The molecule has 1 aromatic carbocycles. The Kier molecular flexibility index (Phi) is 3.72. The maximum Gasteiger partial charge on any atom is 0.270 e. The molecule has 0 aromatic heterocycles. The molecule has 76 valence electrons. The van der Waals surface area contributed by atoms with Crippen molar-refractivity contribution < 1.29 is 4.92 Å². The highest BCUT2D eigenvalue weighted by molar-refractivity contribution is 6.31. The van der Waals surface area contributed by atoms with Crippen LogP contribution in [-0.4, -0.2) is 10.3 Å². The van der Waals surface area contributed by atoms with Gasteiger partial charge in [-0.05, 0) is 18.9 Å². The summed E-state index contributed by atoms with van der Waals surface area (Å²) in [7, 11) is 0. The van der Waals surface area contributed by atoms with Gasteiger partial charge < -0.3 is 0 Å². The van der Waals surface area contributed by atoms with E-state index in [0.717, 1.165) is 5.56 Å². The molecule has 1 unspecified atom stereocenters. The van der Waals surface area contributed by atoms with Crippen molar-refractivity contribution in [2.75, 3.05) is 0 Å². The van der Waals surface area contributed by atoms with Gasteiger partial charge in [-0.1, -0.05) is 17.7 Å². The number of non-ortho nitro benzene ring substituents is 1. The number of nitrogens with zero attached hydrogens (tertiary/aromatic N) is 1. The molecular weight excluding hydrogens is 225 g/mol. The quantitative estimate of drug-likeness (QED) is 0.456. The zero-order chi connectivity index (χ0) is 10.7. The van der Waals surface area contributed by atoms with Crippen LogP contribution in [0, 0.1) is 10.1 Å². The minimum atomic E-state index is -0.472. The molecule has 0 radical (unpaired) electrons. The molecule has 0 aliphatic rings. The average Bonchev–Trinajstić information content (AvgIpc) is 2.07. The van der Waals surface area contributed by atoms with Gasteiger partial charge in [0.15, 0.2) is 0 Å². The van der Waals surface area contributed by atoms with Crippen molar-refractivity contribution in [2.24, 2.45) is 0 Å². The second-order valence-corrected chi connectivity index (χ2v) is 4.17. The molecule has 14 heavy (non-hydrogen) atoms. The van der Waals surface area contributed by atoms with E-state index in [-0.39, 0.29) is 11.1 Å². The Morgan fingerprint density at radius 3 is 2.64 bits per heavy atom. The van der Waals surface area contributed by atoms with Gasteiger partial charge in [-0.3, -0.25) is 10.1 Å². The van der Waals surface area contributed by atoms with Crippen molar-refractivity contribution in [1.29, 1.82) is 0 Å². The molecule has 1 aromatic rings. The number of halogens is 2. The summed E-state index contributed by atoms with van der Waals surface area (Å²) in [6.07, 6.45) is 0.610. The molecule has 5 heteroatoms. The summed E-state index contributed by atoms with van der Waals surface area (Å²) in [6, 6.07) is 4.41. The summed E-state index contributed by atoms with van der Waals surface area (Å²) >= 11 is 11.6. The standard InChI is InChI=1S/C9H9Cl2NO2/c1-6(10)4-7-2-3-8(12(13)14)5-9(7)11/h2-3,5-6H,4H2,1H3. The molecule has 0 spiro atoms. The fourth-order valence-electron chi connectivity index (χ4n) is 1.12. The maximum atomic E-state index is 10.4. The molecule has 1 rings (SSSR count). The molecule has 0 fully saturated rings. The van der Waals surface area contributed by atoms with E-state index in [9.17, 15) is 10.1 Å². The predicted molar refractivity (Wildman–Crippen MR) is 57.1 cm³/mol. The first-order valence-electron chi connectivity index (χ1n) is 4.07. The summed E-state index contributed by atoms with van der Waals surface area (Å²) in [5.74, 6) is 0. The van der Waals surface area contributed by atoms with Gasteiger partial charge >= 0.3 is 0 Å². The summed E-state index contributed by atoms with van der Waals surface area (Å²) in [5.41, 5.74) is 0.834. The lowest BCUT2D eigenvalue weighted by Gasteiger charge is -2.04. The average molecular weight is 234 g/mol. The topological polar surface area (TPSA) is 43.1 Å². The number of alkyl halides is 1. The summed E-state index contributed by atoms with van der Waals surface area (Å²) in [5, 5.41) is 10.8. The van der Waals surface area contributed by atoms with Crippen molar-refractivity contribution in [3.05, 3.63) is 38.9 Å². The fourth-order valence-corrected chi connectivity index (χ4v) is 1.54. The Labute approximate surface area is 91.8 Å². The first kappa shape index (κ1) is 11.3. The number of rotatable bonds is 3. The largest absolute Gasteiger partial charge is 0.270 e. The van der Waals surface area contributed by atoms with E-state index in [4.69, 9.17) is 23.2 Å².